The van der Waals surface area contributed by atoms with Gasteiger partial charge in [-0.25, -0.2) is 0 Å². The fourth-order valence-corrected chi connectivity index (χ4v) is 2.67. The molecule has 0 fully saturated rings. The van der Waals surface area contributed by atoms with E-state index in [0.717, 1.165) is 24.9 Å². The average molecular weight is 346 g/mol. The van der Waals surface area contributed by atoms with Crippen LogP contribution >= 0.6 is 11.6 Å². The molecule has 0 aliphatic heterocycles. The zero-order valence-corrected chi connectivity index (χ0v) is 14.7. The van der Waals surface area contributed by atoms with Gasteiger partial charge in [0, 0.05) is 6.04 Å². The van der Waals surface area contributed by atoms with Crippen molar-refractivity contribution >= 4 is 11.6 Å². The first-order chi connectivity index (χ1) is 11.7. The van der Waals surface area contributed by atoms with Crippen molar-refractivity contribution in [3.05, 3.63) is 64.7 Å². The second-order valence-corrected chi connectivity index (χ2v) is 5.65. The third-order valence-electron chi connectivity index (χ3n) is 3.61. The van der Waals surface area contributed by atoms with Crippen LogP contribution in [0.2, 0.25) is 5.02 Å². The Morgan fingerprint density at radius 3 is 2.42 bits per heavy atom. The lowest BCUT2D eigenvalue weighted by Crippen LogP contribution is -2.35. The largest absolute Gasteiger partial charge is 0.495 e. The van der Waals surface area contributed by atoms with Crippen LogP contribution in [0.3, 0.4) is 0 Å². The molecule has 1 atom stereocenters. The normalized spacial score (nSPS) is 11.2. The fraction of sp³-hybridized carbons (Fsp3) is 0.300. The van der Waals surface area contributed by atoms with E-state index in [-0.39, 0.29) is 12.6 Å². The summed E-state index contributed by atoms with van der Waals surface area (Å²) in [5.41, 5.74) is 2.37. The molecule has 0 bridgehead atoms. The minimum absolute atomic E-state index is 0.0659. The molecule has 0 heterocycles. The first-order valence-electron chi connectivity index (χ1n) is 7.77. The number of ether oxygens (including phenoxy) is 1. The van der Waals surface area contributed by atoms with Gasteiger partial charge in [0.05, 0.1) is 18.7 Å². The van der Waals surface area contributed by atoms with E-state index in [1.54, 1.807) is 7.11 Å². The van der Waals surface area contributed by atoms with Crippen LogP contribution in [0.15, 0.2) is 48.5 Å². The molecule has 128 valence electrons. The van der Waals surface area contributed by atoms with Crippen LogP contribution in [0.1, 0.15) is 11.1 Å². The molecule has 4 heteroatoms. The smallest absolute Gasteiger partial charge is 0.137 e. The number of hydrogen-bond acceptors (Lipinski definition) is 3. The van der Waals surface area contributed by atoms with Crippen LogP contribution in [0, 0.1) is 12.8 Å². The third kappa shape index (κ3) is 6.64. The Bertz CT molecular complexity index is 614. The van der Waals surface area contributed by atoms with E-state index >= 15 is 0 Å². The highest BCUT2D eigenvalue weighted by Gasteiger charge is 2.08. The summed E-state index contributed by atoms with van der Waals surface area (Å²) in [6, 6.07) is 16.1. The maximum atomic E-state index is 9.50. The number of nitrogens with one attached hydrogen (secondary N) is 1. The number of aliphatic hydroxyl groups excluding tert-OH is 1. The summed E-state index contributed by atoms with van der Waals surface area (Å²) in [5.74, 6) is 0.690. The summed E-state index contributed by atoms with van der Waals surface area (Å²) in [4.78, 5) is 0. The van der Waals surface area contributed by atoms with Crippen LogP contribution in [-0.4, -0.2) is 31.4 Å². The number of aliphatic hydroxyl groups is 1. The Hall–Kier alpha value is -1.99. The van der Waals surface area contributed by atoms with Gasteiger partial charge in [0.25, 0.3) is 0 Å². The summed E-state index contributed by atoms with van der Waals surface area (Å²) < 4.78 is 5.15. The van der Waals surface area contributed by atoms with Gasteiger partial charge < -0.3 is 15.2 Å². The minimum Gasteiger partial charge on any atom is -0.495 e. The molecule has 0 aliphatic rings. The van der Waals surface area contributed by atoms with Crippen molar-refractivity contribution in [1.82, 2.24) is 5.32 Å². The molecule has 0 radical (unpaired) electrons. The number of methoxy groups -OCH3 is 1. The highest BCUT2D eigenvalue weighted by Crippen LogP contribution is 2.24. The molecule has 24 heavy (non-hydrogen) atoms. The van der Waals surface area contributed by atoms with Crippen molar-refractivity contribution in [1.29, 1.82) is 0 Å². The highest BCUT2D eigenvalue weighted by molar-refractivity contribution is 6.32. The second kappa shape index (κ2) is 11.5. The van der Waals surface area contributed by atoms with Gasteiger partial charge in [-0.15, -0.1) is 12.8 Å². The molecular formula is C20H24ClNO2. The topological polar surface area (TPSA) is 41.5 Å². The van der Waals surface area contributed by atoms with Crippen molar-refractivity contribution < 1.29 is 9.84 Å². The van der Waals surface area contributed by atoms with Gasteiger partial charge in [-0.2, -0.15) is 0 Å². The predicted octanol–water partition coefficient (Wildman–Crippen LogP) is 3.33. The van der Waals surface area contributed by atoms with Gasteiger partial charge in [-0.05, 0) is 42.6 Å². The molecule has 0 unspecified atom stereocenters. The lowest BCUT2D eigenvalue weighted by molar-refractivity contribution is 0.242. The Balaban J connectivity index is 0.00000139. The Morgan fingerprint density at radius 2 is 1.83 bits per heavy atom. The molecule has 2 aromatic carbocycles. The Kier molecular flexibility index (Phi) is 9.64. The van der Waals surface area contributed by atoms with Gasteiger partial charge in [-0.3, -0.25) is 0 Å². The minimum atomic E-state index is 0.0659. The van der Waals surface area contributed by atoms with E-state index < -0.39 is 0 Å². The molecular weight excluding hydrogens is 322 g/mol. The first-order valence-corrected chi connectivity index (χ1v) is 8.14. The van der Waals surface area contributed by atoms with Crippen molar-refractivity contribution in [3.63, 3.8) is 0 Å². The van der Waals surface area contributed by atoms with Gasteiger partial charge in [0.2, 0.25) is 0 Å². The molecule has 3 nitrogen and oxygen atoms in total. The number of rotatable bonds is 8. The quantitative estimate of drug-likeness (QED) is 0.721. The summed E-state index contributed by atoms with van der Waals surface area (Å²) in [5, 5.41) is 13.5. The zero-order valence-electron chi connectivity index (χ0n) is 13.9. The molecule has 0 amide bonds. The van der Waals surface area contributed by atoms with Crippen LogP contribution in [0.25, 0.3) is 0 Å². The van der Waals surface area contributed by atoms with Crippen molar-refractivity contribution in [2.24, 2.45) is 0 Å². The van der Waals surface area contributed by atoms with Crippen LogP contribution in [0.4, 0.5) is 0 Å². The van der Waals surface area contributed by atoms with Gasteiger partial charge in [0.15, 0.2) is 0 Å². The van der Waals surface area contributed by atoms with Crippen molar-refractivity contribution in [2.45, 2.75) is 18.9 Å². The number of terminal acetylenes is 1. The van der Waals surface area contributed by atoms with E-state index in [1.165, 1.54) is 5.56 Å². The molecule has 0 aromatic heterocycles. The standard InChI is InChI=1S/C18H22ClNO2.C2H2/c1-22-18-8-7-15(12-17(18)19)9-10-20-16(13-21)11-14-5-3-2-4-6-14;1-2/h2-8,12,16,20-21H,9-11,13H2,1H3;1-2H/t16-;/m1./s1. The Morgan fingerprint density at radius 1 is 1.12 bits per heavy atom. The second-order valence-electron chi connectivity index (χ2n) is 5.24. The Labute approximate surface area is 149 Å². The summed E-state index contributed by atoms with van der Waals surface area (Å²) in [6.07, 6.45) is 9.68. The average Bonchev–Trinajstić information content (AvgIpc) is 2.63. The van der Waals surface area contributed by atoms with E-state index in [9.17, 15) is 5.11 Å². The first kappa shape index (κ1) is 20.1. The van der Waals surface area contributed by atoms with Crippen LogP contribution in [-0.2, 0) is 12.8 Å². The van der Waals surface area contributed by atoms with Gasteiger partial charge in [0.1, 0.15) is 5.75 Å². The maximum Gasteiger partial charge on any atom is 0.137 e. The van der Waals surface area contributed by atoms with E-state index in [4.69, 9.17) is 16.3 Å². The van der Waals surface area contributed by atoms with Crippen molar-refractivity contribution in [2.75, 3.05) is 20.3 Å². The fourth-order valence-electron chi connectivity index (χ4n) is 2.39. The highest BCUT2D eigenvalue weighted by atomic mass is 35.5. The lowest BCUT2D eigenvalue weighted by Gasteiger charge is -2.16. The molecule has 0 spiro atoms. The molecule has 2 aromatic rings. The van der Waals surface area contributed by atoms with Gasteiger partial charge >= 0.3 is 0 Å². The molecule has 2 rings (SSSR count). The number of benzene rings is 2. The third-order valence-corrected chi connectivity index (χ3v) is 3.90. The summed E-state index contributed by atoms with van der Waals surface area (Å²) in [7, 11) is 1.61. The van der Waals surface area contributed by atoms with E-state index in [2.05, 4.69) is 30.3 Å². The lowest BCUT2D eigenvalue weighted by atomic mass is 10.1. The SMILES string of the molecule is C#C.COc1ccc(CCN[C@@H](CO)Cc2ccccc2)cc1Cl. The van der Waals surface area contributed by atoms with Crippen LogP contribution in [0.5, 0.6) is 5.75 Å². The summed E-state index contributed by atoms with van der Waals surface area (Å²) >= 11 is 6.12. The molecule has 0 saturated heterocycles. The van der Waals surface area contributed by atoms with Crippen molar-refractivity contribution in [3.8, 4) is 18.6 Å². The molecule has 0 aliphatic carbocycles. The molecule has 0 saturated carbocycles. The zero-order chi connectivity index (χ0) is 17.8. The van der Waals surface area contributed by atoms with Crippen LogP contribution < -0.4 is 10.1 Å². The van der Waals surface area contributed by atoms with E-state index in [1.807, 2.05) is 36.4 Å². The number of hydrogen-bond donors (Lipinski definition) is 2. The van der Waals surface area contributed by atoms with Gasteiger partial charge in [-0.1, -0.05) is 48.0 Å². The monoisotopic (exact) mass is 345 g/mol. The molecule has 2 N–H and O–H groups in total. The maximum absolute atomic E-state index is 9.50. The predicted molar refractivity (Wildman–Crippen MR) is 101 cm³/mol. The van der Waals surface area contributed by atoms with E-state index in [0.29, 0.717) is 10.8 Å². The summed E-state index contributed by atoms with van der Waals surface area (Å²) in [6.45, 7) is 0.916. The number of halogens is 1.